The molecule has 4 rings (SSSR count). The molecule has 128 valence electrons. The van der Waals surface area contributed by atoms with Gasteiger partial charge >= 0.3 is 5.97 Å². The quantitative estimate of drug-likeness (QED) is 0.310. The molecular formula is C20H11BrO4S. The van der Waals surface area contributed by atoms with Crippen LogP contribution in [0.1, 0.15) is 26.5 Å². The Bertz CT molecular complexity index is 1050. The number of carbonyl (C=O) groups is 2. The van der Waals surface area contributed by atoms with Crippen LogP contribution in [0.15, 0.2) is 79.6 Å². The summed E-state index contributed by atoms with van der Waals surface area (Å²) in [6.07, 6.45) is 1.74. The van der Waals surface area contributed by atoms with E-state index >= 15 is 0 Å². The molecule has 3 aromatic rings. The molecular weight excluding hydrogens is 416 g/mol. The first-order valence-electron chi connectivity index (χ1n) is 7.71. The highest BCUT2D eigenvalue weighted by Gasteiger charge is 2.25. The van der Waals surface area contributed by atoms with Gasteiger partial charge < -0.3 is 9.15 Å². The minimum atomic E-state index is -0.602. The van der Waals surface area contributed by atoms with Crippen LogP contribution in [0.25, 0.3) is 6.08 Å². The standard InChI is InChI=1S/C20H11BrO4S/c21-18-10-9-15(24-18)20(23)25-14-7-3-1-5-12(14)11-17-19(22)13-6-2-4-8-16(13)26-17/h1-11H. The van der Waals surface area contributed by atoms with E-state index in [0.717, 1.165) is 4.90 Å². The lowest BCUT2D eigenvalue weighted by Gasteiger charge is -2.06. The Hall–Kier alpha value is -2.57. The molecule has 0 amide bonds. The molecule has 0 N–H and O–H groups in total. The zero-order valence-electron chi connectivity index (χ0n) is 13.3. The van der Waals surface area contributed by atoms with Gasteiger partial charge in [0.2, 0.25) is 11.5 Å². The maximum atomic E-state index is 12.5. The van der Waals surface area contributed by atoms with Gasteiger partial charge in [-0.1, -0.05) is 42.1 Å². The van der Waals surface area contributed by atoms with Crippen LogP contribution in [-0.4, -0.2) is 11.8 Å². The lowest BCUT2D eigenvalue weighted by molar-refractivity contribution is 0.0699. The second kappa shape index (κ2) is 6.97. The average molecular weight is 427 g/mol. The summed E-state index contributed by atoms with van der Waals surface area (Å²) < 4.78 is 11.1. The first-order valence-corrected chi connectivity index (χ1v) is 9.32. The molecule has 0 spiro atoms. The number of hydrogen-bond donors (Lipinski definition) is 0. The van der Waals surface area contributed by atoms with Crippen molar-refractivity contribution in [3.8, 4) is 5.75 Å². The molecule has 0 bridgehead atoms. The molecule has 6 heteroatoms. The Morgan fingerprint density at radius 1 is 1.04 bits per heavy atom. The molecule has 1 aliphatic heterocycles. The highest BCUT2D eigenvalue weighted by molar-refractivity contribution is 9.10. The van der Waals surface area contributed by atoms with Gasteiger partial charge in [0.25, 0.3) is 0 Å². The van der Waals surface area contributed by atoms with E-state index in [9.17, 15) is 9.59 Å². The number of hydrogen-bond acceptors (Lipinski definition) is 5. The van der Waals surface area contributed by atoms with Crippen LogP contribution in [-0.2, 0) is 0 Å². The number of ketones is 1. The number of halogens is 1. The number of Topliss-reactive ketones (excluding diaryl/α,β-unsaturated/α-hetero) is 1. The number of benzene rings is 2. The van der Waals surface area contributed by atoms with Crippen molar-refractivity contribution in [2.45, 2.75) is 4.90 Å². The van der Waals surface area contributed by atoms with Crippen LogP contribution in [0.4, 0.5) is 0 Å². The summed E-state index contributed by atoms with van der Waals surface area (Å²) in [5, 5.41) is 0. The number of esters is 1. The lowest BCUT2D eigenvalue weighted by atomic mass is 10.1. The van der Waals surface area contributed by atoms with E-state index in [0.29, 0.717) is 26.5 Å². The van der Waals surface area contributed by atoms with Gasteiger partial charge in [-0.2, -0.15) is 0 Å². The molecule has 2 heterocycles. The molecule has 0 aliphatic carbocycles. The normalized spacial score (nSPS) is 14.5. The second-order valence-corrected chi connectivity index (χ2v) is 7.33. The molecule has 0 atom stereocenters. The fourth-order valence-electron chi connectivity index (χ4n) is 2.54. The van der Waals surface area contributed by atoms with Crippen molar-refractivity contribution in [2.75, 3.05) is 0 Å². The third-order valence-corrected chi connectivity index (χ3v) is 5.28. The highest BCUT2D eigenvalue weighted by Crippen LogP contribution is 2.41. The Morgan fingerprint density at radius 2 is 1.81 bits per heavy atom. The number of ether oxygens (including phenoxy) is 1. The summed E-state index contributed by atoms with van der Waals surface area (Å²) in [6.45, 7) is 0. The van der Waals surface area contributed by atoms with Crippen molar-refractivity contribution in [1.82, 2.24) is 0 Å². The van der Waals surface area contributed by atoms with Crippen molar-refractivity contribution in [1.29, 1.82) is 0 Å². The lowest BCUT2D eigenvalue weighted by Crippen LogP contribution is -2.08. The van der Waals surface area contributed by atoms with Gasteiger partial charge in [0.05, 0.1) is 4.91 Å². The largest absolute Gasteiger partial charge is 0.442 e. The number of thioether (sulfide) groups is 1. The topological polar surface area (TPSA) is 56.5 Å². The zero-order valence-corrected chi connectivity index (χ0v) is 15.7. The van der Waals surface area contributed by atoms with Gasteiger partial charge in [0.15, 0.2) is 4.67 Å². The molecule has 0 fully saturated rings. The summed E-state index contributed by atoms with van der Waals surface area (Å²) in [7, 11) is 0. The summed E-state index contributed by atoms with van der Waals surface area (Å²) in [5.41, 5.74) is 1.34. The van der Waals surface area contributed by atoms with Gasteiger partial charge in [-0.3, -0.25) is 4.79 Å². The van der Waals surface area contributed by atoms with Crippen molar-refractivity contribution >= 4 is 45.5 Å². The van der Waals surface area contributed by atoms with Gasteiger partial charge in [0.1, 0.15) is 5.75 Å². The maximum absolute atomic E-state index is 12.5. The maximum Gasteiger partial charge on any atom is 0.379 e. The first-order chi connectivity index (χ1) is 12.6. The monoisotopic (exact) mass is 426 g/mol. The summed E-state index contributed by atoms with van der Waals surface area (Å²) in [4.78, 5) is 26.3. The molecule has 4 nitrogen and oxygen atoms in total. The number of carbonyl (C=O) groups excluding carboxylic acids is 2. The zero-order chi connectivity index (χ0) is 18.1. The van der Waals surface area contributed by atoms with E-state index in [1.807, 2.05) is 30.3 Å². The van der Waals surface area contributed by atoms with Gasteiger partial charge in [0, 0.05) is 16.0 Å². The number of allylic oxidation sites excluding steroid dienone is 1. The third-order valence-electron chi connectivity index (χ3n) is 3.76. The Morgan fingerprint density at radius 3 is 2.58 bits per heavy atom. The predicted octanol–water partition coefficient (Wildman–Crippen LogP) is 5.59. The molecule has 0 unspecified atom stereocenters. The fourth-order valence-corrected chi connectivity index (χ4v) is 3.89. The smallest absolute Gasteiger partial charge is 0.379 e. The molecule has 1 aliphatic rings. The van der Waals surface area contributed by atoms with E-state index in [1.54, 1.807) is 30.3 Å². The molecule has 1 aromatic heterocycles. The van der Waals surface area contributed by atoms with Crippen LogP contribution in [0.2, 0.25) is 0 Å². The summed E-state index contributed by atoms with van der Waals surface area (Å²) in [6, 6.07) is 17.7. The fraction of sp³-hybridized carbons (Fsp3) is 0. The number of para-hydroxylation sites is 1. The molecule has 26 heavy (non-hydrogen) atoms. The van der Waals surface area contributed by atoms with E-state index in [-0.39, 0.29) is 11.5 Å². The van der Waals surface area contributed by atoms with Crippen LogP contribution in [0, 0.1) is 0 Å². The van der Waals surface area contributed by atoms with E-state index in [1.165, 1.54) is 17.8 Å². The van der Waals surface area contributed by atoms with Crippen molar-refractivity contribution in [3.05, 3.63) is 87.1 Å². The predicted molar refractivity (Wildman–Crippen MR) is 102 cm³/mol. The Kier molecular flexibility index (Phi) is 4.53. The van der Waals surface area contributed by atoms with Crippen LogP contribution < -0.4 is 4.74 Å². The van der Waals surface area contributed by atoms with Crippen LogP contribution >= 0.6 is 27.7 Å². The van der Waals surface area contributed by atoms with E-state index in [2.05, 4.69) is 15.9 Å². The molecule has 0 saturated heterocycles. The minimum absolute atomic E-state index is 0.0262. The van der Waals surface area contributed by atoms with Crippen molar-refractivity contribution < 1.29 is 18.7 Å². The third kappa shape index (κ3) is 3.25. The second-order valence-electron chi connectivity index (χ2n) is 5.47. The van der Waals surface area contributed by atoms with Gasteiger partial charge in [-0.25, -0.2) is 4.79 Å². The van der Waals surface area contributed by atoms with E-state index in [4.69, 9.17) is 9.15 Å². The SMILES string of the molecule is O=C(Oc1ccccc1C=C1Sc2ccccc2C1=O)c1ccc(Br)o1. The average Bonchev–Trinajstić information content (AvgIpc) is 3.21. The number of rotatable bonds is 3. The Labute approximate surface area is 162 Å². The molecule has 2 aromatic carbocycles. The van der Waals surface area contributed by atoms with Crippen molar-refractivity contribution in [3.63, 3.8) is 0 Å². The van der Waals surface area contributed by atoms with E-state index < -0.39 is 5.97 Å². The van der Waals surface area contributed by atoms with Gasteiger partial charge in [-0.15, -0.1) is 0 Å². The summed E-state index contributed by atoms with van der Waals surface area (Å²) >= 11 is 4.57. The molecule has 0 saturated carbocycles. The highest BCUT2D eigenvalue weighted by atomic mass is 79.9. The van der Waals surface area contributed by atoms with Gasteiger partial charge in [-0.05, 0) is 52.3 Å². The number of furan rings is 1. The number of fused-ring (bicyclic) bond motifs is 1. The first kappa shape index (κ1) is 16.9. The molecule has 0 radical (unpaired) electrons. The van der Waals surface area contributed by atoms with Crippen LogP contribution in [0.3, 0.4) is 0 Å². The van der Waals surface area contributed by atoms with Crippen LogP contribution in [0.5, 0.6) is 5.75 Å². The summed E-state index contributed by atoms with van der Waals surface area (Å²) in [5.74, 6) is -0.170. The minimum Gasteiger partial charge on any atom is -0.442 e. The van der Waals surface area contributed by atoms with Crippen molar-refractivity contribution in [2.24, 2.45) is 0 Å². The Balaban J connectivity index is 1.63.